The highest BCUT2D eigenvalue weighted by Crippen LogP contribution is 2.21. The Morgan fingerprint density at radius 1 is 0.962 bits per heavy atom. The largest absolute Gasteiger partial charge is 0.329 e. The zero-order valence-electron chi connectivity index (χ0n) is 15.9. The van der Waals surface area contributed by atoms with E-state index in [4.69, 9.17) is 0 Å². The molecule has 5 heteroatoms. The number of carbonyl (C=O) groups is 2. The van der Waals surface area contributed by atoms with Gasteiger partial charge in [-0.2, -0.15) is 5.10 Å². The van der Waals surface area contributed by atoms with E-state index >= 15 is 0 Å². The average molecular weight is 351 g/mol. The van der Waals surface area contributed by atoms with Crippen molar-refractivity contribution in [1.29, 1.82) is 0 Å². The van der Waals surface area contributed by atoms with Crippen LogP contribution in [0.15, 0.2) is 47.6 Å². The average Bonchev–Trinajstić information content (AvgIpc) is 2.58. The number of aryl methyl sites for hydroxylation is 1. The molecule has 0 saturated heterocycles. The first-order chi connectivity index (χ1) is 12.2. The van der Waals surface area contributed by atoms with Crippen LogP contribution in [0.3, 0.4) is 0 Å². The van der Waals surface area contributed by atoms with Crippen LogP contribution in [0.5, 0.6) is 0 Å². The summed E-state index contributed by atoms with van der Waals surface area (Å²) in [4.78, 5) is 23.9. The summed E-state index contributed by atoms with van der Waals surface area (Å²) in [6, 6.07) is 13.4. The summed E-state index contributed by atoms with van der Waals surface area (Å²) in [5, 5.41) is 6.45. The predicted octanol–water partition coefficient (Wildman–Crippen LogP) is 3.69. The Bertz CT molecular complexity index is 831. The molecule has 0 heterocycles. The van der Waals surface area contributed by atoms with Gasteiger partial charge in [0.2, 0.25) is 0 Å². The molecule has 0 radical (unpaired) electrons. The van der Waals surface area contributed by atoms with E-state index < -0.39 is 11.8 Å². The van der Waals surface area contributed by atoms with Gasteiger partial charge in [0, 0.05) is 5.69 Å². The van der Waals surface area contributed by atoms with E-state index in [0.717, 1.165) is 16.7 Å². The third kappa shape index (κ3) is 5.02. The van der Waals surface area contributed by atoms with Crippen LogP contribution in [0.25, 0.3) is 0 Å². The number of benzene rings is 2. The molecule has 0 aliphatic heterocycles. The molecule has 2 amide bonds. The number of hydrazone groups is 1. The van der Waals surface area contributed by atoms with Crippen molar-refractivity contribution in [1.82, 2.24) is 5.43 Å². The van der Waals surface area contributed by atoms with E-state index in [9.17, 15) is 9.59 Å². The van der Waals surface area contributed by atoms with Gasteiger partial charge in [-0.05, 0) is 47.6 Å². The second-order valence-corrected chi connectivity index (χ2v) is 7.27. The van der Waals surface area contributed by atoms with Gasteiger partial charge in [0.05, 0.1) is 6.21 Å². The van der Waals surface area contributed by atoms with E-state index in [1.165, 1.54) is 11.8 Å². The van der Waals surface area contributed by atoms with Gasteiger partial charge in [0.15, 0.2) is 0 Å². The standard InChI is InChI=1S/C21H25N3O2/c1-14-7-6-8-18(15(14)2)23-19(25)20(26)24-22-13-16-9-11-17(12-10-16)21(3,4)5/h6-13H,1-5H3,(H,23,25)(H,24,26)/b22-13-. The maximum Gasteiger partial charge on any atom is 0.329 e. The van der Waals surface area contributed by atoms with Crippen LogP contribution in [-0.2, 0) is 15.0 Å². The smallest absolute Gasteiger partial charge is 0.317 e. The molecule has 2 N–H and O–H groups in total. The third-order valence-electron chi connectivity index (χ3n) is 4.22. The molecular weight excluding hydrogens is 326 g/mol. The number of nitrogens with zero attached hydrogens (tertiary/aromatic N) is 1. The van der Waals surface area contributed by atoms with Crippen molar-refractivity contribution in [2.24, 2.45) is 5.10 Å². The lowest BCUT2D eigenvalue weighted by Gasteiger charge is -2.18. The molecule has 0 aromatic heterocycles. The predicted molar refractivity (Wildman–Crippen MR) is 105 cm³/mol. The maximum atomic E-state index is 12.0. The summed E-state index contributed by atoms with van der Waals surface area (Å²) in [5.41, 5.74) is 6.97. The lowest BCUT2D eigenvalue weighted by Crippen LogP contribution is -2.32. The van der Waals surface area contributed by atoms with Crippen LogP contribution in [0.2, 0.25) is 0 Å². The second kappa shape index (κ2) is 7.95. The van der Waals surface area contributed by atoms with Gasteiger partial charge in [-0.15, -0.1) is 0 Å². The summed E-state index contributed by atoms with van der Waals surface area (Å²) < 4.78 is 0. The summed E-state index contributed by atoms with van der Waals surface area (Å²) in [6.45, 7) is 10.3. The topological polar surface area (TPSA) is 70.6 Å². The number of anilines is 1. The van der Waals surface area contributed by atoms with E-state index in [1.54, 1.807) is 6.07 Å². The minimum absolute atomic E-state index is 0.0793. The Kier molecular flexibility index (Phi) is 5.93. The number of nitrogens with one attached hydrogen (secondary N) is 2. The molecule has 0 atom stereocenters. The molecule has 2 aromatic carbocycles. The fraction of sp³-hybridized carbons (Fsp3) is 0.286. The van der Waals surface area contributed by atoms with E-state index in [2.05, 4.69) is 36.6 Å². The minimum atomic E-state index is -0.812. The normalized spacial score (nSPS) is 11.4. The van der Waals surface area contributed by atoms with Crippen LogP contribution in [0.1, 0.15) is 43.0 Å². The van der Waals surface area contributed by atoms with Crippen molar-refractivity contribution in [2.75, 3.05) is 5.32 Å². The van der Waals surface area contributed by atoms with Gasteiger partial charge >= 0.3 is 11.8 Å². The molecule has 136 valence electrons. The van der Waals surface area contributed by atoms with E-state index in [0.29, 0.717) is 5.69 Å². The maximum absolute atomic E-state index is 12.0. The highest BCUT2D eigenvalue weighted by Gasteiger charge is 2.14. The third-order valence-corrected chi connectivity index (χ3v) is 4.22. The molecule has 26 heavy (non-hydrogen) atoms. The number of hydrogen-bond donors (Lipinski definition) is 2. The number of carbonyl (C=O) groups excluding carboxylic acids is 2. The summed E-state index contributed by atoms with van der Waals surface area (Å²) in [5.74, 6) is -1.56. The van der Waals surface area contributed by atoms with Crippen LogP contribution < -0.4 is 10.7 Å². The molecule has 0 unspecified atom stereocenters. The number of amides is 2. The monoisotopic (exact) mass is 351 g/mol. The highest BCUT2D eigenvalue weighted by atomic mass is 16.2. The minimum Gasteiger partial charge on any atom is -0.317 e. The molecule has 5 nitrogen and oxygen atoms in total. The molecular formula is C21H25N3O2. The van der Waals surface area contributed by atoms with Crippen molar-refractivity contribution < 1.29 is 9.59 Å². The van der Waals surface area contributed by atoms with Crippen molar-refractivity contribution in [3.05, 3.63) is 64.7 Å². The lowest BCUT2D eigenvalue weighted by molar-refractivity contribution is -0.136. The zero-order valence-corrected chi connectivity index (χ0v) is 15.9. The highest BCUT2D eigenvalue weighted by molar-refractivity contribution is 6.39. The van der Waals surface area contributed by atoms with Gasteiger partial charge in [-0.1, -0.05) is 57.2 Å². The van der Waals surface area contributed by atoms with Crippen molar-refractivity contribution in [3.63, 3.8) is 0 Å². The number of rotatable bonds is 3. The Morgan fingerprint density at radius 3 is 2.23 bits per heavy atom. The first-order valence-corrected chi connectivity index (χ1v) is 8.49. The van der Waals surface area contributed by atoms with E-state index in [1.807, 2.05) is 50.2 Å². The summed E-state index contributed by atoms with van der Waals surface area (Å²) in [7, 11) is 0. The molecule has 0 bridgehead atoms. The van der Waals surface area contributed by atoms with Crippen LogP contribution in [0, 0.1) is 13.8 Å². The Labute approximate surface area is 154 Å². The SMILES string of the molecule is Cc1cccc(NC(=O)C(=O)N/N=C\c2ccc(C(C)(C)C)cc2)c1C. The quantitative estimate of drug-likeness (QED) is 0.503. The first-order valence-electron chi connectivity index (χ1n) is 8.49. The van der Waals surface area contributed by atoms with Crippen molar-refractivity contribution in [3.8, 4) is 0 Å². The molecule has 0 fully saturated rings. The molecule has 2 rings (SSSR count). The van der Waals surface area contributed by atoms with Gasteiger partial charge in [-0.25, -0.2) is 5.43 Å². The van der Waals surface area contributed by atoms with Crippen LogP contribution in [-0.4, -0.2) is 18.0 Å². The van der Waals surface area contributed by atoms with Gasteiger partial charge < -0.3 is 5.32 Å². The van der Waals surface area contributed by atoms with Crippen LogP contribution >= 0.6 is 0 Å². The Balaban J connectivity index is 1.94. The summed E-state index contributed by atoms with van der Waals surface area (Å²) >= 11 is 0. The van der Waals surface area contributed by atoms with E-state index in [-0.39, 0.29) is 5.41 Å². The molecule has 0 saturated carbocycles. The summed E-state index contributed by atoms with van der Waals surface area (Å²) in [6.07, 6.45) is 1.51. The van der Waals surface area contributed by atoms with Crippen LogP contribution in [0.4, 0.5) is 5.69 Å². The second-order valence-electron chi connectivity index (χ2n) is 7.27. The molecule has 0 aliphatic carbocycles. The zero-order chi connectivity index (χ0) is 19.3. The number of hydrogen-bond acceptors (Lipinski definition) is 3. The van der Waals surface area contributed by atoms with Gasteiger partial charge in [0.25, 0.3) is 0 Å². The first kappa shape index (κ1) is 19.4. The van der Waals surface area contributed by atoms with Crippen molar-refractivity contribution >= 4 is 23.7 Å². The Hall–Kier alpha value is -2.95. The van der Waals surface area contributed by atoms with Gasteiger partial charge in [0.1, 0.15) is 0 Å². The Morgan fingerprint density at radius 2 is 1.62 bits per heavy atom. The fourth-order valence-corrected chi connectivity index (χ4v) is 2.35. The molecule has 0 spiro atoms. The fourth-order valence-electron chi connectivity index (χ4n) is 2.35. The van der Waals surface area contributed by atoms with Gasteiger partial charge in [-0.3, -0.25) is 9.59 Å². The lowest BCUT2D eigenvalue weighted by atomic mass is 9.87. The molecule has 2 aromatic rings. The van der Waals surface area contributed by atoms with Crippen molar-refractivity contribution in [2.45, 2.75) is 40.0 Å². The molecule has 0 aliphatic rings.